The molecular formula is C25H23BrN2O3. The lowest BCUT2D eigenvalue weighted by molar-refractivity contribution is -0.133. The number of hydrogen-bond acceptors (Lipinski definition) is 3. The summed E-state index contributed by atoms with van der Waals surface area (Å²) in [6.07, 6.45) is 2.62. The van der Waals surface area contributed by atoms with Crippen molar-refractivity contribution in [1.29, 1.82) is 0 Å². The number of piperidine rings is 1. The molecule has 1 N–H and O–H groups in total. The van der Waals surface area contributed by atoms with Crippen molar-refractivity contribution in [2.45, 2.75) is 25.8 Å². The minimum atomic E-state index is -0.253. The van der Waals surface area contributed by atoms with Gasteiger partial charge < -0.3 is 15.0 Å². The van der Waals surface area contributed by atoms with Crippen molar-refractivity contribution in [3.63, 3.8) is 0 Å². The van der Waals surface area contributed by atoms with Crippen LogP contribution in [0.3, 0.4) is 0 Å². The Bertz CT molecular complexity index is 1100. The van der Waals surface area contributed by atoms with Crippen LogP contribution in [0.15, 0.2) is 77.3 Å². The fourth-order valence-electron chi connectivity index (χ4n) is 3.60. The Morgan fingerprint density at radius 3 is 2.68 bits per heavy atom. The molecular weight excluding hydrogens is 456 g/mol. The van der Waals surface area contributed by atoms with Crippen LogP contribution < -0.4 is 10.1 Å². The molecule has 0 saturated carbocycles. The first-order chi connectivity index (χ1) is 15.1. The fraction of sp³-hybridized carbons (Fsp3) is 0.200. The Labute approximate surface area is 190 Å². The number of nitrogens with zero attached hydrogens (tertiary/aromatic N) is 1. The first kappa shape index (κ1) is 21.1. The summed E-state index contributed by atoms with van der Waals surface area (Å²) in [6, 6.07) is 22.2. The molecule has 0 atom stereocenters. The zero-order valence-electron chi connectivity index (χ0n) is 17.0. The third-order valence-electron chi connectivity index (χ3n) is 5.14. The summed E-state index contributed by atoms with van der Waals surface area (Å²) in [5.74, 6) is 1.06. The van der Waals surface area contributed by atoms with Crippen molar-refractivity contribution in [3.05, 3.63) is 88.4 Å². The van der Waals surface area contributed by atoms with Gasteiger partial charge in [0.25, 0.3) is 5.91 Å². The molecule has 1 aliphatic rings. The number of para-hydroxylation sites is 1. The standard InChI is InChI=1S/C25H23BrN2O3/c26-19-8-6-10-21(16-19)31-23-12-2-1-11-22(23)25(30)27-20-9-5-7-18(15-20)17-28-14-4-3-13-24(28)29/h1-2,5-12,15-16H,3-4,13-14,17H2,(H,27,30). The van der Waals surface area contributed by atoms with Crippen molar-refractivity contribution in [2.75, 3.05) is 11.9 Å². The molecule has 158 valence electrons. The molecule has 0 radical (unpaired) electrons. The van der Waals surface area contributed by atoms with E-state index in [0.29, 0.717) is 35.7 Å². The summed E-state index contributed by atoms with van der Waals surface area (Å²) in [5.41, 5.74) is 2.12. The van der Waals surface area contributed by atoms with Gasteiger partial charge in [-0.05, 0) is 60.9 Å². The van der Waals surface area contributed by atoms with Crippen molar-refractivity contribution in [1.82, 2.24) is 4.90 Å². The van der Waals surface area contributed by atoms with Crippen LogP contribution in [0.4, 0.5) is 5.69 Å². The van der Waals surface area contributed by atoms with Crippen LogP contribution in [0.1, 0.15) is 35.2 Å². The van der Waals surface area contributed by atoms with Crippen molar-refractivity contribution < 1.29 is 14.3 Å². The number of ether oxygens (including phenoxy) is 1. The highest BCUT2D eigenvalue weighted by Crippen LogP contribution is 2.28. The molecule has 1 fully saturated rings. The maximum absolute atomic E-state index is 13.0. The lowest BCUT2D eigenvalue weighted by Crippen LogP contribution is -2.34. The second-order valence-electron chi connectivity index (χ2n) is 7.48. The molecule has 0 unspecified atom stereocenters. The lowest BCUT2D eigenvalue weighted by atomic mass is 10.1. The van der Waals surface area contributed by atoms with E-state index in [1.165, 1.54) is 0 Å². The Hall–Kier alpha value is -3.12. The van der Waals surface area contributed by atoms with Gasteiger partial charge in [-0.2, -0.15) is 0 Å². The van der Waals surface area contributed by atoms with Gasteiger partial charge in [-0.1, -0.05) is 46.3 Å². The molecule has 1 heterocycles. The molecule has 0 aromatic heterocycles. The minimum absolute atomic E-state index is 0.194. The van der Waals surface area contributed by atoms with Gasteiger partial charge in [0.2, 0.25) is 5.91 Å². The van der Waals surface area contributed by atoms with E-state index < -0.39 is 0 Å². The lowest BCUT2D eigenvalue weighted by Gasteiger charge is -2.26. The summed E-state index contributed by atoms with van der Waals surface area (Å²) in [4.78, 5) is 27.0. The molecule has 6 heteroatoms. The van der Waals surface area contributed by atoms with Gasteiger partial charge in [0.05, 0.1) is 5.56 Å². The maximum Gasteiger partial charge on any atom is 0.259 e. The van der Waals surface area contributed by atoms with Crippen LogP contribution in [0.5, 0.6) is 11.5 Å². The maximum atomic E-state index is 13.0. The number of anilines is 1. The normalized spacial score (nSPS) is 13.7. The van der Waals surface area contributed by atoms with Crippen LogP contribution >= 0.6 is 15.9 Å². The third-order valence-corrected chi connectivity index (χ3v) is 5.63. The Balaban J connectivity index is 1.48. The van der Waals surface area contributed by atoms with Crippen molar-refractivity contribution in [3.8, 4) is 11.5 Å². The minimum Gasteiger partial charge on any atom is -0.456 e. The highest BCUT2D eigenvalue weighted by Gasteiger charge is 2.18. The number of halogens is 1. The number of likely N-dealkylation sites (tertiary alicyclic amines) is 1. The van der Waals surface area contributed by atoms with Gasteiger partial charge in [0.1, 0.15) is 11.5 Å². The average molecular weight is 479 g/mol. The van der Waals surface area contributed by atoms with Gasteiger partial charge >= 0.3 is 0 Å². The fourth-order valence-corrected chi connectivity index (χ4v) is 3.97. The first-order valence-electron chi connectivity index (χ1n) is 10.3. The van der Waals surface area contributed by atoms with E-state index in [2.05, 4.69) is 21.2 Å². The molecule has 3 aromatic rings. The molecule has 2 amide bonds. The highest BCUT2D eigenvalue weighted by atomic mass is 79.9. The summed E-state index contributed by atoms with van der Waals surface area (Å²) in [7, 11) is 0. The number of rotatable bonds is 6. The summed E-state index contributed by atoms with van der Waals surface area (Å²) < 4.78 is 6.85. The molecule has 3 aromatic carbocycles. The summed E-state index contributed by atoms with van der Waals surface area (Å²) >= 11 is 3.43. The number of hydrogen-bond donors (Lipinski definition) is 1. The van der Waals surface area contributed by atoms with Crippen LogP contribution in [-0.4, -0.2) is 23.3 Å². The van der Waals surface area contributed by atoms with E-state index >= 15 is 0 Å². The van der Waals surface area contributed by atoms with E-state index in [1.807, 2.05) is 59.5 Å². The van der Waals surface area contributed by atoms with E-state index in [-0.39, 0.29) is 11.8 Å². The monoisotopic (exact) mass is 478 g/mol. The molecule has 0 bridgehead atoms. The highest BCUT2D eigenvalue weighted by molar-refractivity contribution is 9.10. The average Bonchev–Trinajstić information content (AvgIpc) is 2.76. The van der Waals surface area contributed by atoms with E-state index in [9.17, 15) is 9.59 Å². The van der Waals surface area contributed by atoms with E-state index in [4.69, 9.17) is 4.74 Å². The summed E-state index contributed by atoms with van der Waals surface area (Å²) in [6.45, 7) is 1.35. The summed E-state index contributed by atoms with van der Waals surface area (Å²) in [5, 5.41) is 2.95. The van der Waals surface area contributed by atoms with Crippen molar-refractivity contribution >= 4 is 33.4 Å². The van der Waals surface area contributed by atoms with Crippen LogP contribution in [0, 0.1) is 0 Å². The number of amides is 2. The number of carbonyl (C=O) groups excluding carboxylic acids is 2. The predicted octanol–water partition coefficient (Wildman–Crippen LogP) is 6.01. The van der Waals surface area contributed by atoms with Gasteiger partial charge in [0, 0.05) is 29.7 Å². The van der Waals surface area contributed by atoms with Gasteiger partial charge in [-0.15, -0.1) is 0 Å². The molecule has 0 spiro atoms. The predicted molar refractivity (Wildman–Crippen MR) is 124 cm³/mol. The Morgan fingerprint density at radius 2 is 1.84 bits per heavy atom. The second-order valence-corrected chi connectivity index (χ2v) is 8.40. The first-order valence-corrected chi connectivity index (χ1v) is 11.1. The SMILES string of the molecule is O=C(Nc1cccc(CN2CCCCC2=O)c1)c1ccccc1Oc1cccc(Br)c1. The van der Waals surface area contributed by atoms with Gasteiger partial charge in [-0.3, -0.25) is 9.59 Å². The molecule has 4 rings (SSSR count). The van der Waals surface area contributed by atoms with Crippen molar-refractivity contribution in [2.24, 2.45) is 0 Å². The topological polar surface area (TPSA) is 58.6 Å². The molecule has 0 aliphatic carbocycles. The number of nitrogens with one attached hydrogen (secondary N) is 1. The molecule has 5 nitrogen and oxygen atoms in total. The third kappa shape index (κ3) is 5.52. The quantitative estimate of drug-likeness (QED) is 0.472. The van der Waals surface area contributed by atoms with Crippen LogP contribution in [0.2, 0.25) is 0 Å². The van der Waals surface area contributed by atoms with E-state index in [1.54, 1.807) is 18.2 Å². The molecule has 1 saturated heterocycles. The smallest absolute Gasteiger partial charge is 0.259 e. The zero-order chi connectivity index (χ0) is 21.6. The Kier molecular flexibility index (Phi) is 6.67. The van der Waals surface area contributed by atoms with Gasteiger partial charge in [-0.25, -0.2) is 0 Å². The second kappa shape index (κ2) is 9.79. The number of benzene rings is 3. The largest absolute Gasteiger partial charge is 0.456 e. The number of carbonyl (C=O) groups is 2. The van der Waals surface area contributed by atoms with Crippen LogP contribution in [0.25, 0.3) is 0 Å². The van der Waals surface area contributed by atoms with E-state index in [0.717, 1.165) is 29.4 Å². The van der Waals surface area contributed by atoms with Crippen LogP contribution in [-0.2, 0) is 11.3 Å². The van der Waals surface area contributed by atoms with Gasteiger partial charge in [0.15, 0.2) is 0 Å². The Morgan fingerprint density at radius 1 is 1.00 bits per heavy atom. The molecule has 31 heavy (non-hydrogen) atoms. The zero-order valence-corrected chi connectivity index (χ0v) is 18.6. The molecule has 1 aliphatic heterocycles.